The Bertz CT molecular complexity index is 1190. The van der Waals surface area contributed by atoms with Crippen LogP contribution >= 0.6 is 0 Å². The third-order valence-corrected chi connectivity index (χ3v) is 4.32. The van der Waals surface area contributed by atoms with Crippen LogP contribution in [0.15, 0.2) is 39.7 Å². The molecule has 0 spiro atoms. The first-order valence-corrected chi connectivity index (χ1v) is 9.60. The molecule has 4 N–H and O–H groups in total. The number of aromatic nitrogens is 5. The Morgan fingerprint density at radius 3 is 2.86 bits per heavy atom. The first-order valence-electron chi connectivity index (χ1n) is 9.60. The van der Waals surface area contributed by atoms with Crippen LogP contribution in [0.2, 0.25) is 0 Å². The summed E-state index contributed by atoms with van der Waals surface area (Å²) in [5.41, 5.74) is 2.90. The van der Waals surface area contributed by atoms with Crippen LogP contribution in [0.1, 0.15) is 27.2 Å². The van der Waals surface area contributed by atoms with Gasteiger partial charge in [0, 0.05) is 46.9 Å². The van der Waals surface area contributed by atoms with Crippen LogP contribution in [0, 0.1) is 0 Å². The Hall–Kier alpha value is -3.62. The van der Waals surface area contributed by atoms with Gasteiger partial charge in [0.15, 0.2) is 0 Å². The molecule has 9 nitrogen and oxygen atoms in total. The molecule has 0 atom stereocenters. The second-order valence-corrected chi connectivity index (χ2v) is 7.08. The van der Waals surface area contributed by atoms with Crippen molar-refractivity contribution in [3.63, 3.8) is 0 Å². The lowest BCUT2D eigenvalue weighted by atomic mass is 10.1. The van der Waals surface area contributed by atoms with Crippen LogP contribution in [0.5, 0.6) is 0 Å². The van der Waals surface area contributed by atoms with Gasteiger partial charge in [-0.1, -0.05) is 12.0 Å². The highest BCUT2D eigenvalue weighted by molar-refractivity contribution is 5.96. The standard InChI is InChI=1S/C20H23N7O2/c1-4-7-21-20-27-26-18(29-20)12-5-6-15-13(8-12)14(10-22-15)16-9-17(28)25-19(24-16)23-11(2)3/h5-6,8-11,22H,4,7H2,1-3H3,(H,21,27)(H2,23,24,25,28). The average Bonchev–Trinajstić information content (AvgIpc) is 3.31. The van der Waals surface area contributed by atoms with Crippen LogP contribution in [0.4, 0.5) is 12.0 Å². The molecule has 0 radical (unpaired) electrons. The van der Waals surface area contributed by atoms with Crippen molar-refractivity contribution in [2.45, 2.75) is 33.2 Å². The molecule has 0 aliphatic carbocycles. The average molecular weight is 393 g/mol. The Labute approximate surface area is 167 Å². The zero-order valence-electron chi connectivity index (χ0n) is 16.5. The van der Waals surface area contributed by atoms with Crippen molar-refractivity contribution in [3.8, 4) is 22.7 Å². The Morgan fingerprint density at radius 2 is 2.07 bits per heavy atom. The van der Waals surface area contributed by atoms with Gasteiger partial charge in [0.1, 0.15) is 0 Å². The lowest BCUT2D eigenvalue weighted by molar-refractivity contribution is 0.580. The second kappa shape index (κ2) is 7.78. The molecule has 9 heteroatoms. The summed E-state index contributed by atoms with van der Waals surface area (Å²) in [6.07, 6.45) is 2.81. The number of nitrogens with zero attached hydrogens (tertiary/aromatic N) is 3. The van der Waals surface area contributed by atoms with Gasteiger partial charge < -0.3 is 20.0 Å². The van der Waals surface area contributed by atoms with E-state index in [1.807, 2.05) is 38.2 Å². The van der Waals surface area contributed by atoms with Crippen molar-refractivity contribution in [2.24, 2.45) is 0 Å². The summed E-state index contributed by atoms with van der Waals surface area (Å²) in [5.74, 6) is 0.871. The normalized spacial score (nSPS) is 11.3. The van der Waals surface area contributed by atoms with Gasteiger partial charge in [0.2, 0.25) is 11.8 Å². The van der Waals surface area contributed by atoms with Gasteiger partial charge in [-0.2, -0.15) is 0 Å². The summed E-state index contributed by atoms with van der Waals surface area (Å²) in [6.45, 7) is 6.80. The molecular weight excluding hydrogens is 370 g/mol. The van der Waals surface area contributed by atoms with Crippen LogP contribution in [-0.2, 0) is 0 Å². The summed E-state index contributed by atoms with van der Waals surface area (Å²) in [5, 5.41) is 15.3. The Balaban J connectivity index is 1.74. The number of H-pyrrole nitrogens is 2. The van der Waals surface area contributed by atoms with Crippen molar-refractivity contribution in [3.05, 3.63) is 40.8 Å². The van der Waals surface area contributed by atoms with E-state index in [9.17, 15) is 4.79 Å². The summed E-state index contributed by atoms with van der Waals surface area (Å²) in [7, 11) is 0. The maximum atomic E-state index is 12.1. The maximum Gasteiger partial charge on any atom is 0.315 e. The topological polar surface area (TPSA) is 125 Å². The first kappa shape index (κ1) is 18.7. The molecule has 0 fully saturated rings. The highest BCUT2D eigenvalue weighted by Crippen LogP contribution is 2.31. The molecule has 0 aliphatic rings. The largest absolute Gasteiger partial charge is 0.403 e. The highest BCUT2D eigenvalue weighted by atomic mass is 16.4. The SMILES string of the molecule is CCCNc1nnc(-c2ccc3[nH]cc(-c4cc(=O)[nH]c(NC(C)C)n4)c3c2)o1. The number of anilines is 2. The fraction of sp³-hybridized carbons (Fsp3) is 0.300. The summed E-state index contributed by atoms with van der Waals surface area (Å²) < 4.78 is 5.70. The van der Waals surface area contributed by atoms with E-state index in [0.717, 1.165) is 35.0 Å². The minimum absolute atomic E-state index is 0.149. The second-order valence-electron chi connectivity index (χ2n) is 7.08. The molecule has 0 unspecified atom stereocenters. The van der Waals surface area contributed by atoms with Gasteiger partial charge >= 0.3 is 6.01 Å². The van der Waals surface area contributed by atoms with E-state index in [1.165, 1.54) is 6.07 Å². The van der Waals surface area contributed by atoms with Gasteiger partial charge in [-0.25, -0.2) is 4.98 Å². The minimum atomic E-state index is -0.216. The van der Waals surface area contributed by atoms with Crippen LogP contribution < -0.4 is 16.2 Å². The van der Waals surface area contributed by atoms with E-state index in [-0.39, 0.29) is 11.6 Å². The zero-order chi connectivity index (χ0) is 20.4. The van der Waals surface area contributed by atoms with Crippen molar-refractivity contribution >= 4 is 22.9 Å². The molecule has 0 aliphatic heterocycles. The fourth-order valence-electron chi connectivity index (χ4n) is 3.05. The molecule has 4 aromatic rings. The van der Waals surface area contributed by atoms with Gasteiger partial charge in [-0.15, -0.1) is 5.10 Å². The number of benzene rings is 1. The van der Waals surface area contributed by atoms with Gasteiger partial charge in [-0.05, 0) is 38.5 Å². The van der Waals surface area contributed by atoms with E-state index in [1.54, 1.807) is 0 Å². The zero-order valence-corrected chi connectivity index (χ0v) is 16.5. The lowest BCUT2D eigenvalue weighted by Crippen LogP contribution is -2.17. The third kappa shape index (κ3) is 3.98. The number of aromatic amines is 2. The van der Waals surface area contributed by atoms with Gasteiger partial charge in [0.25, 0.3) is 5.56 Å². The monoisotopic (exact) mass is 393 g/mol. The predicted octanol–water partition coefficient (Wildman–Crippen LogP) is 3.61. The first-order chi connectivity index (χ1) is 14.0. The molecule has 150 valence electrons. The number of fused-ring (bicyclic) bond motifs is 1. The molecule has 0 bridgehead atoms. The molecule has 3 aromatic heterocycles. The molecule has 1 aromatic carbocycles. The molecule has 0 saturated carbocycles. The highest BCUT2D eigenvalue weighted by Gasteiger charge is 2.14. The Kier molecular flexibility index (Phi) is 5.03. The van der Waals surface area contributed by atoms with Gasteiger partial charge in [-0.3, -0.25) is 9.78 Å². The molecule has 0 amide bonds. The Morgan fingerprint density at radius 1 is 1.21 bits per heavy atom. The van der Waals surface area contributed by atoms with Crippen molar-refractivity contribution in [1.82, 2.24) is 25.1 Å². The van der Waals surface area contributed by atoms with Gasteiger partial charge in [0.05, 0.1) is 5.69 Å². The maximum absolute atomic E-state index is 12.1. The lowest BCUT2D eigenvalue weighted by Gasteiger charge is -2.09. The van der Waals surface area contributed by atoms with Crippen molar-refractivity contribution in [1.29, 1.82) is 0 Å². The molecule has 29 heavy (non-hydrogen) atoms. The van der Waals surface area contributed by atoms with Crippen molar-refractivity contribution < 1.29 is 4.42 Å². The fourth-order valence-corrected chi connectivity index (χ4v) is 3.05. The van der Waals surface area contributed by atoms with E-state index in [0.29, 0.717) is 23.5 Å². The smallest absolute Gasteiger partial charge is 0.315 e. The van der Waals surface area contributed by atoms with E-state index in [4.69, 9.17) is 4.42 Å². The summed E-state index contributed by atoms with van der Waals surface area (Å²) >= 11 is 0. The molecular formula is C20H23N7O2. The minimum Gasteiger partial charge on any atom is -0.403 e. The van der Waals surface area contributed by atoms with Crippen LogP contribution in [-0.4, -0.2) is 37.7 Å². The number of hydrogen-bond acceptors (Lipinski definition) is 7. The predicted molar refractivity (Wildman–Crippen MR) is 113 cm³/mol. The summed E-state index contributed by atoms with van der Waals surface area (Å²) in [4.78, 5) is 22.6. The molecule has 3 heterocycles. The van der Waals surface area contributed by atoms with Crippen LogP contribution in [0.25, 0.3) is 33.6 Å². The van der Waals surface area contributed by atoms with Crippen LogP contribution in [0.3, 0.4) is 0 Å². The van der Waals surface area contributed by atoms with E-state index >= 15 is 0 Å². The third-order valence-electron chi connectivity index (χ3n) is 4.32. The molecule has 0 saturated heterocycles. The molecule has 4 rings (SSSR count). The van der Waals surface area contributed by atoms with E-state index in [2.05, 4.69) is 42.7 Å². The summed E-state index contributed by atoms with van der Waals surface area (Å²) in [6, 6.07) is 7.85. The van der Waals surface area contributed by atoms with Crippen molar-refractivity contribution in [2.75, 3.05) is 17.2 Å². The number of nitrogens with one attached hydrogen (secondary N) is 4. The quantitative estimate of drug-likeness (QED) is 0.378. The number of hydrogen-bond donors (Lipinski definition) is 4. The van der Waals surface area contributed by atoms with E-state index < -0.39 is 0 Å². The number of rotatable bonds is 7.